The number of rotatable bonds is 9. The van der Waals surface area contributed by atoms with Crippen LogP contribution in [0.2, 0.25) is 0 Å². The van der Waals surface area contributed by atoms with Gasteiger partial charge in [0.2, 0.25) is 5.54 Å². The van der Waals surface area contributed by atoms with Crippen molar-refractivity contribution in [3.63, 3.8) is 0 Å². The van der Waals surface area contributed by atoms with Gasteiger partial charge in [-0.15, -0.1) is 0 Å². The lowest BCUT2D eigenvalue weighted by Crippen LogP contribution is -2.65. The Balaban J connectivity index is 5.75. The van der Waals surface area contributed by atoms with Gasteiger partial charge in [-0.25, -0.2) is 0 Å². The number of carbonyl (C=O) groups is 4. The van der Waals surface area contributed by atoms with Gasteiger partial charge in [0.25, 0.3) is 5.91 Å². The van der Waals surface area contributed by atoms with E-state index < -0.39 is 23.0 Å². The molecule has 112 valence electrons. The summed E-state index contributed by atoms with van der Waals surface area (Å²) >= 11 is 0. The van der Waals surface area contributed by atoms with E-state index >= 15 is 0 Å². The quantitative estimate of drug-likeness (QED) is 0.279. The van der Waals surface area contributed by atoms with Crippen molar-refractivity contribution in [2.75, 3.05) is 41.3 Å². The van der Waals surface area contributed by atoms with Crippen molar-refractivity contribution in [1.82, 2.24) is 15.5 Å². The predicted octanol–water partition coefficient (Wildman–Crippen LogP) is -2.34. The molecule has 2 N–H and O–H groups in total. The minimum absolute atomic E-state index is 0.202. The normalized spacial score (nSPS) is 11.4. The number of amides is 1. The highest BCUT2D eigenvalue weighted by molar-refractivity contribution is 6.33. The van der Waals surface area contributed by atoms with Gasteiger partial charge in [-0.3, -0.25) is 24.2 Å². The molecule has 0 saturated carbocycles. The molecule has 0 bridgehead atoms. The monoisotopic (exact) mass is 284 g/mol. The van der Waals surface area contributed by atoms with Gasteiger partial charge >= 0.3 is 0 Å². The first-order valence-electron chi connectivity index (χ1n) is 5.94. The van der Waals surface area contributed by atoms with E-state index in [1.807, 2.05) is 0 Å². The second-order valence-corrected chi connectivity index (χ2v) is 4.08. The number of ketones is 2. The fourth-order valence-corrected chi connectivity index (χ4v) is 1.70. The van der Waals surface area contributed by atoms with Crippen molar-refractivity contribution in [1.29, 1.82) is 0 Å². The van der Waals surface area contributed by atoms with Crippen LogP contribution in [0.5, 0.6) is 0 Å². The standard InChI is InChI=1S/C12H20N4O4/c1-13-5-9(18)12(8-17,10(19)6-14-2)16(4)11(20)7-15-3/h7-8,13-14H,5-6H2,1-4H3. The number of likely N-dealkylation sites (N-methyl/N-ethyl adjacent to an activating group) is 3. The van der Waals surface area contributed by atoms with Crippen molar-refractivity contribution in [2.45, 2.75) is 5.54 Å². The second kappa shape index (κ2) is 8.28. The molecule has 0 aromatic rings. The SMILES string of the molecule is CN=CC(=O)N(C)C(C=O)(C(=O)CNC)C(=O)CNC. The lowest BCUT2D eigenvalue weighted by Gasteiger charge is -2.33. The molecule has 8 heteroatoms. The van der Waals surface area contributed by atoms with E-state index in [4.69, 9.17) is 0 Å². The fourth-order valence-electron chi connectivity index (χ4n) is 1.70. The zero-order valence-electron chi connectivity index (χ0n) is 12.1. The van der Waals surface area contributed by atoms with Gasteiger partial charge in [0, 0.05) is 14.1 Å². The van der Waals surface area contributed by atoms with Gasteiger partial charge in [0.05, 0.1) is 19.3 Å². The summed E-state index contributed by atoms with van der Waals surface area (Å²) in [6.07, 6.45) is 1.14. The van der Waals surface area contributed by atoms with Crippen LogP contribution in [0.4, 0.5) is 0 Å². The molecule has 8 nitrogen and oxygen atoms in total. The minimum Gasteiger partial charge on any atom is -0.316 e. The molecule has 0 spiro atoms. The Bertz CT molecular complexity index is 402. The van der Waals surface area contributed by atoms with Crippen LogP contribution in [0.3, 0.4) is 0 Å². The number of aldehydes is 1. The molecule has 0 aromatic heterocycles. The first-order valence-corrected chi connectivity index (χ1v) is 5.94. The molecule has 0 rings (SSSR count). The third kappa shape index (κ3) is 3.55. The maximum Gasteiger partial charge on any atom is 0.265 e. The molecule has 0 atom stereocenters. The zero-order valence-corrected chi connectivity index (χ0v) is 12.1. The summed E-state index contributed by atoms with van der Waals surface area (Å²) in [5, 5.41) is 5.15. The molecule has 0 radical (unpaired) electrons. The van der Waals surface area contributed by atoms with Crippen LogP contribution in [0.15, 0.2) is 4.99 Å². The van der Waals surface area contributed by atoms with Crippen LogP contribution >= 0.6 is 0 Å². The lowest BCUT2D eigenvalue weighted by molar-refractivity contribution is -0.151. The van der Waals surface area contributed by atoms with Crippen LogP contribution in [-0.2, 0) is 19.2 Å². The van der Waals surface area contributed by atoms with Gasteiger partial charge < -0.3 is 15.5 Å². The largest absolute Gasteiger partial charge is 0.316 e. The van der Waals surface area contributed by atoms with Crippen LogP contribution in [0.25, 0.3) is 0 Å². The summed E-state index contributed by atoms with van der Waals surface area (Å²) in [6.45, 7) is -0.426. The molecular weight excluding hydrogens is 264 g/mol. The summed E-state index contributed by atoms with van der Waals surface area (Å²) in [5.74, 6) is -2.10. The molecule has 0 aliphatic rings. The van der Waals surface area contributed by atoms with Crippen LogP contribution in [0, 0.1) is 0 Å². The van der Waals surface area contributed by atoms with Gasteiger partial charge in [-0.2, -0.15) is 0 Å². The third-order valence-corrected chi connectivity index (χ3v) is 2.79. The highest BCUT2D eigenvalue weighted by atomic mass is 16.2. The first kappa shape index (κ1) is 18.1. The molecule has 0 aliphatic carbocycles. The smallest absolute Gasteiger partial charge is 0.265 e. The summed E-state index contributed by atoms with van der Waals surface area (Å²) in [4.78, 5) is 52.0. The molecular formula is C12H20N4O4. The maximum atomic E-state index is 12.2. The number of nitrogens with zero attached hydrogens (tertiary/aromatic N) is 2. The Morgan fingerprint density at radius 2 is 1.60 bits per heavy atom. The highest BCUT2D eigenvalue weighted by Gasteiger charge is 2.49. The number of carbonyl (C=O) groups excluding carboxylic acids is 4. The average Bonchev–Trinajstić information content (AvgIpc) is 2.40. The Kier molecular flexibility index (Phi) is 7.48. The van der Waals surface area contributed by atoms with E-state index in [0.717, 1.165) is 11.1 Å². The molecule has 0 aromatic carbocycles. The summed E-state index contributed by atoms with van der Waals surface area (Å²) in [5.41, 5.74) is -2.15. The van der Waals surface area contributed by atoms with Crippen molar-refractivity contribution < 1.29 is 19.2 Å². The molecule has 0 saturated heterocycles. The number of aliphatic imine (C=N–C) groups is 1. The summed E-state index contributed by atoms with van der Waals surface area (Å²) < 4.78 is 0. The molecule has 0 heterocycles. The topological polar surface area (TPSA) is 108 Å². The van der Waals surface area contributed by atoms with E-state index in [2.05, 4.69) is 15.6 Å². The highest BCUT2D eigenvalue weighted by Crippen LogP contribution is 2.14. The number of hydrogen-bond acceptors (Lipinski definition) is 7. The second-order valence-electron chi connectivity index (χ2n) is 4.08. The molecule has 1 amide bonds. The average molecular weight is 284 g/mol. The minimum atomic E-state index is -2.15. The van der Waals surface area contributed by atoms with Crippen molar-refractivity contribution in [3.8, 4) is 0 Å². The Morgan fingerprint density at radius 3 is 1.90 bits per heavy atom. The molecule has 0 unspecified atom stereocenters. The predicted molar refractivity (Wildman–Crippen MR) is 73.8 cm³/mol. The number of hydrogen-bond donors (Lipinski definition) is 2. The third-order valence-electron chi connectivity index (χ3n) is 2.79. The Hall–Kier alpha value is -1.93. The molecule has 0 fully saturated rings. The lowest BCUT2D eigenvalue weighted by atomic mass is 9.88. The Labute approximate surface area is 117 Å². The molecule has 20 heavy (non-hydrogen) atoms. The van der Waals surface area contributed by atoms with Gasteiger partial charge in [0.1, 0.15) is 0 Å². The zero-order chi connectivity index (χ0) is 15.8. The fraction of sp³-hybridized carbons (Fsp3) is 0.583. The van der Waals surface area contributed by atoms with E-state index in [9.17, 15) is 19.2 Å². The Morgan fingerprint density at radius 1 is 1.15 bits per heavy atom. The van der Waals surface area contributed by atoms with E-state index in [1.54, 1.807) is 0 Å². The van der Waals surface area contributed by atoms with Crippen molar-refractivity contribution in [3.05, 3.63) is 0 Å². The van der Waals surface area contributed by atoms with Crippen LogP contribution in [-0.4, -0.2) is 81.7 Å². The van der Waals surface area contributed by atoms with E-state index in [1.165, 1.54) is 28.2 Å². The number of nitrogens with one attached hydrogen (secondary N) is 2. The van der Waals surface area contributed by atoms with Crippen molar-refractivity contribution in [2.24, 2.45) is 4.99 Å². The van der Waals surface area contributed by atoms with Gasteiger partial charge in [0.15, 0.2) is 17.9 Å². The van der Waals surface area contributed by atoms with Gasteiger partial charge in [-0.1, -0.05) is 0 Å². The number of Topliss-reactive ketones (excluding diaryl/α,β-unsaturated/α-hetero) is 2. The van der Waals surface area contributed by atoms with Crippen LogP contribution < -0.4 is 10.6 Å². The summed E-state index contributed by atoms with van der Waals surface area (Å²) in [7, 11) is 5.61. The van der Waals surface area contributed by atoms with Gasteiger partial charge in [-0.05, 0) is 14.1 Å². The first-order chi connectivity index (χ1) is 9.42. The maximum absolute atomic E-state index is 12.2. The van der Waals surface area contributed by atoms with Crippen LogP contribution in [0.1, 0.15) is 0 Å². The molecule has 0 aliphatic heterocycles. The van der Waals surface area contributed by atoms with Crippen molar-refractivity contribution >= 4 is 30.0 Å². The summed E-state index contributed by atoms with van der Waals surface area (Å²) in [6, 6.07) is 0. The van der Waals surface area contributed by atoms with E-state index in [-0.39, 0.29) is 19.4 Å². The van der Waals surface area contributed by atoms with E-state index in [0.29, 0.717) is 0 Å².